The first-order valence-electron chi connectivity index (χ1n) is 11.2. The van der Waals surface area contributed by atoms with Gasteiger partial charge in [0.25, 0.3) is 0 Å². The molecule has 3 nitrogen and oxygen atoms in total. The summed E-state index contributed by atoms with van der Waals surface area (Å²) in [5.41, 5.74) is 7.80. The van der Waals surface area contributed by atoms with Crippen molar-refractivity contribution in [2.75, 3.05) is 5.32 Å². The van der Waals surface area contributed by atoms with Crippen LogP contribution in [0, 0.1) is 0 Å². The van der Waals surface area contributed by atoms with Crippen LogP contribution in [0.3, 0.4) is 0 Å². The number of hydrogen-bond acceptors (Lipinski definition) is 3. The van der Waals surface area contributed by atoms with E-state index >= 15 is 0 Å². The molecule has 3 heteroatoms. The van der Waals surface area contributed by atoms with E-state index in [0.717, 1.165) is 66.1 Å². The molecule has 0 amide bonds. The molecule has 0 saturated carbocycles. The van der Waals surface area contributed by atoms with Crippen LogP contribution in [0.5, 0.6) is 0 Å². The van der Waals surface area contributed by atoms with Crippen molar-refractivity contribution in [2.45, 2.75) is 13.8 Å². The number of hydrogen-bond donors (Lipinski definition) is 1. The van der Waals surface area contributed by atoms with Crippen LogP contribution >= 0.6 is 0 Å². The van der Waals surface area contributed by atoms with E-state index in [1.54, 1.807) is 0 Å². The quantitative estimate of drug-likeness (QED) is 0.328. The summed E-state index contributed by atoms with van der Waals surface area (Å²) in [5.74, 6) is 0. The van der Waals surface area contributed by atoms with E-state index in [1.165, 1.54) is 0 Å². The molecule has 6 rings (SSSR count). The van der Waals surface area contributed by atoms with Gasteiger partial charge in [0.15, 0.2) is 0 Å². The molecule has 4 aromatic carbocycles. The highest BCUT2D eigenvalue weighted by molar-refractivity contribution is 6.10. The van der Waals surface area contributed by atoms with Gasteiger partial charge in [0.1, 0.15) is 22.2 Å². The molecule has 160 valence electrons. The van der Waals surface area contributed by atoms with Crippen LogP contribution in [-0.4, -0.2) is 0 Å². The topological polar surface area (TPSA) is 38.3 Å². The molecule has 2 aromatic heterocycles. The van der Waals surface area contributed by atoms with Gasteiger partial charge < -0.3 is 14.2 Å². The first kappa shape index (κ1) is 19.4. The van der Waals surface area contributed by atoms with E-state index < -0.39 is 0 Å². The zero-order chi connectivity index (χ0) is 22.4. The summed E-state index contributed by atoms with van der Waals surface area (Å²) in [6.45, 7) is 4.10. The van der Waals surface area contributed by atoms with Gasteiger partial charge >= 0.3 is 0 Å². The highest BCUT2D eigenvalue weighted by Gasteiger charge is 2.14. The maximum absolute atomic E-state index is 6.31. The molecule has 0 spiro atoms. The van der Waals surface area contributed by atoms with Crippen LogP contribution < -0.4 is 16.0 Å². The first-order chi connectivity index (χ1) is 16.2. The van der Waals surface area contributed by atoms with Gasteiger partial charge in [-0.2, -0.15) is 0 Å². The summed E-state index contributed by atoms with van der Waals surface area (Å²) in [6.07, 6.45) is 2.02. The van der Waals surface area contributed by atoms with Gasteiger partial charge in [0, 0.05) is 43.9 Å². The normalized spacial score (nSPS) is 13.2. The van der Waals surface area contributed by atoms with Crippen LogP contribution in [0.4, 0.5) is 5.69 Å². The third kappa shape index (κ3) is 3.13. The summed E-state index contributed by atoms with van der Waals surface area (Å²) >= 11 is 0. The lowest BCUT2D eigenvalue weighted by atomic mass is 10.0. The molecule has 0 aliphatic carbocycles. The fourth-order valence-electron chi connectivity index (χ4n) is 4.71. The molecule has 0 bridgehead atoms. The van der Waals surface area contributed by atoms with Crippen LogP contribution in [-0.2, 0) is 0 Å². The number of para-hydroxylation sites is 4. The fourth-order valence-corrected chi connectivity index (χ4v) is 4.71. The molecular weight excluding hydrogens is 406 g/mol. The number of anilines is 1. The Morgan fingerprint density at radius 2 is 1.30 bits per heavy atom. The lowest BCUT2D eigenvalue weighted by molar-refractivity contribution is 0.574. The molecule has 0 aliphatic heterocycles. The summed E-state index contributed by atoms with van der Waals surface area (Å²) < 4.78 is 12.4. The SMILES string of the molecule is C/C=c1/oc2ccccc2/c1=C(/C)Nc1ccccc1-c1cccc2c1oc1ccccc12. The van der Waals surface area contributed by atoms with Crippen molar-refractivity contribution in [1.29, 1.82) is 0 Å². The van der Waals surface area contributed by atoms with E-state index in [-0.39, 0.29) is 0 Å². The Morgan fingerprint density at radius 3 is 2.12 bits per heavy atom. The van der Waals surface area contributed by atoms with Gasteiger partial charge in [-0.1, -0.05) is 72.8 Å². The second-order valence-electron chi connectivity index (χ2n) is 8.20. The Balaban J connectivity index is 1.56. The van der Waals surface area contributed by atoms with Crippen molar-refractivity contribution < 1.29 is 8.83 Å². The van der Waals surface area contributed by atoms with E-state index in [1.807, 2.05) is 43.3 Å². The molecule has 0 saturated heterocycles. The predicted octanol–water partition coefficient (Wildman–Crippen LogP) is 7.04. The zero-order valence-electron chi connectivity index (χ0n) is 18.6. The average Bonchev–Trinajstić information content (AvgIpc) is 3.43. The molecule has 0 radical (unpaired) electrons. The molecule has 6 aromatic rings. The minimum Gasteiger partial charge on any atom is -0.456 e. The summed E-state index contributed by atoms with van der Waals surface area (Å²) in [6, 6.07) is 31.1. The maximum atomic E-state index is 6.31. The Bertz CT molecular complexity index is 1770. The van der Waals surface area contributed by atoms with Crippen LogP contribution in [0.1, 0.15) is 13.8 Å². The summed E-state index contributed by atoms with van der Waals surface area (Å²) in [5, 5.41) is 8.13. The first-order valence-corrected chi connectivity index (χ1v) is 11.2. The van der Waals surface area contributed by atoms with Crippen LogP contribution in [0.15, 0.2) is 99.8 Å². The Kier molecular flexibility index (Phi) is 4.55. The van der Waals surface area contributed by atoms with E-state index in [2.05, 4.69) is 72.9 Å². The van der Waals surface area contributed by atoms with Crippen LogP contribution in [0.2, 0.25) is 0 Å². The smallest absolute Gasteiger partial charge is 0.143 e. The third-order valence-corrected chi connectivity index (χ3v) is 6.20. The zero-order valence-corrected chi connectivity index (χ0v) is 18.6. The molecule has 0 aliphatic rings. The van der Waals surface area contributed by atoms with Crippen molar-refractivity contribution in [2.24, 2.45) is 0 Å². The van der Waals surface area contributed by atoms with Crippen molar-refractivity contribution in [3.63, 3.8) is 0 Å². The Morgan fingerprint density at radius 1 is 0.667 bits per heavy atom. The predicted molar refractivity (Wildman–Crippen MR) is 137 cm³/mol. The summed E-state index contributed by atoms with van der Waals surface area (Å²) in [7, 11) is 0. The standard InChI is InChI=1S/C30H23NO2/c1-3-26-29(24-13-6-9-18-28(24)32-26)19(2)31-25-16-7-4-11-20(25)22-14-10-15-23-21-12-5-8-17-27(21)33-30(22)23/h3-18,31H,1-2H3/b26-3+,29-19+. The average molecular weight is 430 g/mol. The van der Waals surface area contributed by atoms with Gasteiger partial charge in [-0.15, -0.1) is 0 Å². The molecule has 33 heavy (non-hydrogen) atoms. The Hall–Kier alpha value is -4.24. The lowest BCUT2D eigenvalue weighted by Gasteiger charge is -2.13. The molecule has 1 N–H and O–H groups in total. The minimum atomic E-state index is 0.873. The monoisotopic (exact) mass is 429 g/mol. The second-order valence-corrected chi connectivity index (χ2v) is 8.20. The maximum Gasteiger partial charge on any atom is 0.143 e. The van der Waals surface area contributed by atoms with Gasteiger partial charge in [-0.3, -0.25) is 0 Å². The third-order valence-electron chi connectivity index (χ3n) is 6.20. The number of benzene rings is 4. The lowest BCUT2D eigenvalue weighted by Crippen LogP contribution is -2.24. The molecule has 0 unspecified atom stereocenters. The van der Waals surface area contributed by atoms with E-state index in [9.17, 15) is 0 Å². The van der Waals surface area contributed by atoms with Gasteiger partial charge in [-0.25, -0.2) is 0 Å². The number of furan rings is 2. The fraction of sp³-hybridized carbons (Fsp3) is 0.0667. The molecular formula is C30H23NO2. The van der Waals surface area contributed by atoms with Crippen molar-refractivity contribution >= 4 is 50.4 Å². The van der Waals surface area contributed by atoms with Gasteiger partial charge in [-0.05, 0) is 38.1 Å². The highest BCUT2D eigenvalue weighted by atomic mass is 16.3. The van der Waals surface area contributed by atoms with Crippen molar-refractivity contribution in [3.8, 4) is 11.1 Å². The van der Waals surface area contributed by atoms with E-state index in [0.29, 0.717) is 0 Å². The van der Waals surface area contributed by atoms with Gasteiger partial charge in [0.05, 0.1) is 0 Å². The van der Waals surface area contributed by atoms with Gasteiger partial charge in [0.2, 0.25) is 0 Å². The minimum absolute atomic E-state index is 0.873. The second kappa shape index (κ2) is 7.72. The van der Waals surface area contributed by atoms with E-state index in [4.69, 9.17) is 8.83 Å². The van der Waals surface area contributed by atoms with Crippen LogP contribution in [0.25, 0.3) is 55.8 Å². The molecule has 2 heterocycles. The summed E-state index contributed by atoms with van der Waals surface area (Å²) in [4.78, 5) is 0. The molecule has 0 atom stereocenters. The Labute approximate surface area is 191 Å². The number of rotatable bonds is 3. The number of fused-ring (bicyclic) bond motifs is 4. The largest absolute Gasteiger partial charge is 0.456 e. The number of nitrogens with one attached hydrogen (secondary N) is 1. The highest BCUT2D eigenvalue weighted by Crippen LogP contribution is 2.38. The van der Waals surface area contributed by atoms with Crippen molar-refractivity contribution in [3.05, 3.63) is 102 Å². The molecule has 0 fully saturated rings. The van der Waals surface area contributed by atoms with Crippen molar-refractivity contribution in [1.82, 2.24) is 0 Å².